The van der Waals surface area contributed by atoms with Crippen LogP contribution in [0.15, 0.2) is 72.8 Å². The van der Waals surface area contributed by atoms with E-state index in [9.17, 15) is 9.59 Å². The van der Waals surface area contributed by atoms with E-state index in [0.29, 0.717) is 22.7 Å². The highest BCUT2D eigenvalue weighted by Gasteiger charge is 2.16. The van der Waals surface area contributed by atoms with Gasteiger partial charge in [0.05, 0.1) is 7.11 Å². The highest BCUT2D eigenvalue weighted by atomic mass is 16.5. The van der Waals surface area contributed by atoms with Crippen LogP contribution in [-0.4, -0.2) is 25.0 Å². The van der Waals surface area contributed by atoms with E-state index >= 15 is 0 Å². The van der Waals surface area contributed by atoms with Gasteiger partial charge in [-0.1, -0.05) is 18.2 Å². The Morgan fingerprint density at radius 1 is 0.867 bits per heavy atom. The minimum Gasteiger partial charge on any atom is -0.497 e. The number of hydrogen-bond acceptors (Lipinski definition) is 4. The number of nitrogens with one attached hydrogen (secondary N) is 2. The third-order valence-corrected chi connectivity index (χ3v) is 4.52. The number of aryl methyl sites for hydroxylation is 1. The molecule has 0 radical (unpaired) electrons. The van der Waals surface area contributed by atoms with E-state index in [-0.39, 0.29) is 11.8 Å². The first-order valence-electron chi connectivity index (χ1n) is 9.55. The molecule has 1 unspecified atom stereocenters. The molecular formula is C24H24N2O4. The van der Waals surface area contributed by atoms with Gasteiger partial charge < -0.3 is 20.1 Å². The molecule has 6 heteroatoms. The van der Waals surface area contributed by atoms with E-state index in [2.05, 4.69) is 10.6 Å². The molecule has 0 aromatic heterocycles. The lowest BCUT2D eigenvalue weighted by Crippen LogP contribution is -2.30. The molecule has 6 nitrogen and oxygen atoms in total. The van der Waals surface area contributed by atoms with Crippen LogP contribution in [0.4, 0.5) is 11.4 Å². The normalized spacial score (nSPS) is 11.3. The molecule has 0 bridgehead atoms. The van der Waals surface area contributed by atoms with Gasteiger partial charge in [0, 0.05) is 16.9 Å². The monoisotopic (exact) mass is 404 g/mol. The van der Waals surface area contributed by atoms with Gasteiger partial charge in [-0.2, -0.15) is 0 Å². The van der Waals surface area contributed by atoms with Crippen LogP contribution in [0, 0.1) is 6.92 Å². The lowest BCUT2D eigenvalue weighted by atomic mass is 10.1. The molecule has 0 aliphatic carbocycles. The number of hydrogen-bond donors (Lipinski definition) is 2. The van der Waals surface area contributed by atoms with Gasteiger partial charge in [0.15, 0.2) is 6.10 Å². The zero-order chi connectivity index (χ0) is 21.5. The summed E-state index contributed by atoms with van der Waals surface area (Å²) in [5, 5.41) is 5.72. The first kappa shape index (κ1) is 20.9. The molecule has 3 aromatic rings. The highest BCUT2D eigenvalue weighted by Crippen LogP contribution is 2.22. The minimum atomic E-state index is -0.684. The summed E-state index contributed by atoms with van der Waals surface area (Å²) < 4.78 is 10.8. The minimum absolute atomic E-state index is 0.183. The van der Waals surface area contributed by atoms with Crippen LogP contribution >= 0.6 is 0 Å². The first-order valence-corrected chi connectivity index (χ1v) is 9.55. The standard InChI is InChI=1S/C24H24N2O4/c1-16-15-19(9-14-22(16)26-24(28)18-7-5-4-6-8-18)25-23(27)17(2)30-21-12-10-20(29-3)11-13-21/h4-15,17H,1-3H3,(H,25,27)(H,26,28). The van der Waals surface area contributed by atoms with Crippen molar-refractivity contribution >= 4 is 23.2 Å². The van der Waals surface area contributed by atoms with Crippen LogP contribution in [-0.2, 0) is 4.79 Å². The second-order valence-electron chi connectivity index (χ2n) is 6.77. The third kappa shape index (κ3) is 5.38. The molecule has 0 heterocycles. The summed E-state index contributed by atoms with van der Waals surface area (Å²) in [6.07, 6.45) is -0.684. The average molecular weight is 404 g/mol. The van der Waals surface area contributed by atoms with E-state index in [1.807, 2.05) is 25.1 Å². The van der Waals surface area contributed by atoms with E-state index < -0.39 is 6.10 Å². The van der Waals surface area contributed by atoms with Crippen molar-refractivity contribution in [2.24, 2.45) is 0 Å². The van der Waals surface area contributed by atoms with Gasteiger partial charge in [0.2, 0.25) is 0 Å². The maximum absolute atomic E-state index is 12.5. The Bertz CT molecular complexity index is 1020. The molecule has 0 fully saturated rings. The smallest absolute Gasteiger partial charge is 0.265 e. The van der Waals surface area contributed by atoms with Crippen molar-refractivity contribution in [3.05, 3.63) is 83.9 Å². The Morgan fingerprint density at radius 3 is 2.17 bits per heavy atom. The summed E-state index contributed by atoms with van der Waals surface area (Å²) in [5.41, 5.74) is 2.73. The van der Waals surface area contributed by atoms with Crippen LogP contribution in [0.2, 0.25) is 0 Å². The molecule has 0 saturated carbocycles. The van der Waals surface area contributed by atoms with E-state index in [4.69, 9.17) is 9.47 Å². The van der Waals surface area contributed by atoms with Crippen molar-refractivity contribution in [2.75, 3.05) is 17.7 Å². The van der Waals surface area contributed by atoms with Gasteiger partial charge in [0.25, 0.3) is 11.8 Å². The van der Waals surface area contributed by atoms with Crippen molar-refractivity contribution < 1.29 is 19.1 Å². The van der Waals surface area contributed by atoms with Crippen LogP contribution in [0.25, 0.3) is 0 Å². The molecule has 3 aromatic carbocycles. The summed E-state index contributed by atoms with van der Waals surface area (Å²) in [6.45, 7) is 3.55. The van der Waals surface area contributed by atoms with Gasteiger partial charge in [-0.3, -0.25) is 9.59 Å². The van der Waals surface area contributed by atoms with Gasteiger partial charge in [-0.15, -0.1) is 0 Å². The second kappa shape index (κ2) is 9.60. The van der Waals surface area contributed by atoms with Crippen molar-refractivity contribution in [3.8, 4) is 11.5 Å². The van der Waals surface area contributed by atoms with Crippen molar-refractivity contribution in [3.63, 3.8) is 0 Å². The third-order valence-electron chi connectivity index (χ3n) is 4.52. The number of carbonyl (C=O) groups excluding carboxylic acids is 2. The van der Waals surface area contributed by atoms with Crippen LogP contribution in [0.1, 0.15) is 22.8 Å². The topological polar surface area (TPSA) is 76.7 Å². The molecule has 3 rings (SSSR count). The molecule has 0 saturated heterocycles. The van der Waals surface area contributed by atoms with E-state index in [1.165, 1.54) is 0 Å². The van der Waals surface area contributed by atoms with Gasteiger partial charge in [-0.05, 0) is 74.0 Å². The number of carbonyl (C=O) groups is 2. The number of methoxy groups -OCH3 is 1. The highest BCUT2D eigenvalue weighted by molar-refractivity contribution is 6.04. The lowest BCUT2D eigenvalue weighted by molar-refractivity contribution is -0.122. The van der Waals surface area contributed by atoms with Crippen LogP contribution in [0.5, 0.6) is 11.5 Å². The zero-order valence-electron chi connectivity index (χ0n) is 17.1. The van der Waals surface area contributed by atoms with E-state index in [1.54, 1.807) is 68.6 Å². The Labute approximate surface area is 175 Å². The van der Waals surface area contributed by atoms with Gasteiger partial charge in [-0.25, -0.2) is 0 Å². The summed E-state index contributed by atoms with van der Waals surface area (Å²) in [6, 6.07) is 21.3. The lowest BCUT2D eigenvalue weighted by Gasteiger charge is -2.16. The molecule has 2 N–H and O–H groups in total. The van der Waals surface area contributed by atoms with Crippen LogP contribution in [0.3, 0.4) is 0 Å². The Kier molecular flexibility index (Phi) is 6.70. The predicted octanol–water partition coefficient (Wildman–Crippen LogP) is 4.66. The number of benzene rings is 3. The Balaban J connectivity index is 1.60. The zero-order valence-corrected chi connectivity index (χ0v) is 17.1. The maximum atomic E-state index is 12.5. The van der Waals surface area contributed by atoms with Gasteiger partial charge in [0.1, 0.15) is 11.5 Å². The SMILES string of the molecule is COc1ccc(OC(C)C(=O)Nc2ccc(NC(=O)c3ccccc3)c(C)c2)cc1. The summed E-state index contributed by atoms with van der Waals surface area (Å²) in [5.74, 6) is 0.839. The molecule has 1 atom stereocenters. The van der Waals surface area contributed by atoms with Crippen LogP contribution < -0.4 is 20.1 Å². The summed E-state index contributed by atoms with van der Waals surface area (Å²) >= 11 is 0. The molecule has 0 spiro atoms. The Hall–Kier alpha value is -3.80. The number of amides is 2. The fourth-order valence-corrected chi connectivity index (χ4v) is 2.82. The van der Waals surface area contributed by atoms with Crippen molar-refractivity contribution in [1.29, 1.82) is 0 Å². The quantitative estimate of drug-likeness (QED) is 0.600. The van der Waals surface area contributed by atoms with Gasteiger partial charge >= 0.3 is 0 Å². The molecule has 0 aliphatic rings. The number of ether oxygens (including phenoxy) is 2. The maximum Gasteiger partial charge on any atom is 0.265 e. The fraction of sp³-hybridized carbons (Fsp3) is 0.167. The Morgan fingerprint density at radius 2 is 1.53 bits per heavy atom. The van der Waals surface area contributed by atoms with Crippen molar-refractivity contribution in [1.82, 2.24) is 0 Å². The molecular weight excluding hydrogens is 380 g/mol. The molecule has 30 heavy (non-hydrogen) atoms. The number of rotatable bonds is 7. The van der Waals surface area contributed by atoms with Crippen molar-refractivity contribution in [2.45, 2.75) is 20.0 Å². The first-order chi connectivity index (χ1) is 14.5. The fourth-order valence-electron chi connectivity index (χ4n) is 2.82. The summed E-state index contributed by atoms with van der Waals surface area (Å²) in [7, 11) is 1.59. The second-order valence-corrected chi connectivity index (χ2v) is 6.77. The molecule has 0 aliphatic heterocycles. The predicted molar refractivity (Wildman–Crippen MR) is 117 cm³/mol. The molecule has 154 valence electrons. The van der Waals surface area contributed by atoms with E-state index in [0.717, 1.165) is 11.3 Å². The average Bonchev–Trinajstić information content (AvgIpc) is 2.76. The largest absolute Gasteiger partial charge is 0.497 e. The summed E-state index contributed by atoms with van der Waals surface area (Å²) in [4.78, 5) is 24.8. The number of anilines is 2. The molecule has 2 amide bonds.